The summed E-state index contributed by atoms with van der Waals surface area (Å²) in [4.78, 5) is 23.4. The molecule has 3 rings (SSSR count). The van der Waals surface area contributed by atoms with Crippen LogP contribution in [0.15, 0.2) is 18.2 Å². The molecule has 0 radical (unpaired) electrons. The number of carbonyl (C=O) groups is 1. The average Bonchev–Trinajstić information content (AvgIpc) is 2.89. The molecular weight excluding hydrogens is 290 g/mol. The van der Waals surface area contributed by atoms with E-state index in [-0.39, 0.29) is 5.91 Å². The summed E-state index contributed by atoms with van der Waals surface area (Å²) in [6.45, 7) is 6.21. The molecule has 1 aromatic carbocycles. The van der Waals surface area contributed by atoms with Crippen molar-refractivity contribution in [2.75, 3.05) is 5.73 Å². The van der Waals surface area contributed by atoms with Crippen molar-refractivity contribution in [1.82, 2.24) is 20.3 Å². The van der Waals surface area contributed by atoms with Crippen LogP contribution in [0.1, 0.15) is 32.2 Å². The maximum absolute atomic E-state index is 11.1. The number of imidazole rings is 1. The molecule has 120 valence electrons. The summed E-state index contributed by atoms with van der Waals surface area (Å²) in [6, 6.07) is 6.09. The number of pyridine rings is 1. The Balaban J connectivity index is 2.20. The number of hydrogen-bond donors (Lipinski definition) is 3. The summed E-state index contributed by atoms with van der Waals surface area (Å²) in [5.74, 6) is 1.52. The molecule has 0 aliphatic heterocycles. The molecule has 2 aromatic heterocycles. The second-order valence-electron chi connectivity index (χ2n) is 6.22. The van der Waals surface area contributed by atoms with Gasteiger partial charge in [-0.2, -0.15) is 0 Å². The highest BCUT2D eigenvalue weighted by Gasteiger charge is 2.15. The number of aromatic nitrogens is 3. The number of nitrogens with zero attached hydrogens (tertiary/aromatic N) is 2. The molecule has 0 atom stereocenters. The van der Waals surface area contributed by atoms with Gasteiger partial charge in [0.05, 0.1) is 17.6 Å². The number of nitrogen functional groups attached to an aromatic ring is 1. The zero-order valence-corrected chi connectivity index (χ0v) is 13.6. The van der Waals surface area contributed by atoms with Crippen LogP contribution in [0.4, 0.5) is 5.82 Å². The minimum atomic E-state index is -0.0955. The maximum atomic E-state index is 11.1. The number of hydrogen-bond acceptors (Lipinski definition) is 4. The molecule has 0 saturated heterocycles. The number of benzene rings is 1. The number of anilines is 1. The van der Waals surface area contributed by atoms with Gasteiger partial charge in [0.15, 0.2) is 5.82 Å². The number of aromatic amines is 1. The normalized spacial score (nSPS) is 11.5. The second-order valence-corrected chi connectivity index (χ2v) is 6.22. The Labute approximate surface area is 134 Å². The van der Waals surface area contributed by atoms with E-state index in [1.54, 1.807) is 0 Å². The SMILES string of the molecule is CC(=O)NCc1nc2c(N)nc3cccc(CC(C)C)c3c2[nH]1. The van der Waals surface area contributed by atoms with E-state index in [4.69, 9.17) is 5.73 Å². The van der Waals surface area contributed by atoms with Gasteiger partial charge in [-0.3, -0.25) is 4.79 Å². The smallest absolute Gasteiger partial charge is 0.217 e. The topological polar surface area (TPSA) is 96.7 Å². The van der Waals surface area contributed by atoms with Crippen molar-refractivity contribution in [3.8, 4) is 0 Å². The Kier molecular flexibility index (Phi) is 3.90. The largest absolute Gasteiger partial charge is 0.382 e. The molecule has 0 saturated carbocycles. The molecule has 6 nitrogen and oxygen atoms in total. The summed E-state index contributed by atoms with van der Waals surface area (Å²) in [6.07, 6.45) is 0.956. The molecule has 0 aliphatic rings. The lowest BCUT2D eigenvalue weighted by molar-refractivity contribution is -0.119. The van der Waals surface area contributed by atoms with Crippen LogP contribution in [0.3, 0.4) is 0 Å². The molecule has 0 unspecified atom stereocenters. The Morgan fingerprint density at radius 2 is 2.13 bits per heavy atom. The minimum absolute atomic E-state index is 0.0955. The molecule has 2 heterocycles. The number of H-pyrrole nitrogens is 1. The highest BCUT2D eigenvalue weighted by molar-refractivity contribution is 6.07. The van der Waals surface area contributed by atoms with Crippen LogP contribution in [0, 0.1) is 5.92 Å². The fraction of sp³-hybridized carbons (Fsp3) is 0.353. The van der Waals surface area contributed by atoms with Crippen LogP contribution in [0.25, 0.3) is 21.9 Å². The van der Waals surface area contributed by atoms with Gasteiger partial charge in [-0.25, -0.2) is 9.97 Å². The van der Waals surface area contributed by atoms with Gasteiger partial charge in [-0.1, -0.05) is 26.0 Å². The summed E-state index contributed by atoms with van der Waals surface area (Å²) in [5.41, 5.74) is 9.71. The maximum Gasteiger partial charge on any atom is 0.217 e. The lowest BCUT2D eigenvalue weighted by Crippen LogP contribution is -2.19. The Hall–Kier alpha value is -2.63. The Morgan fingerprint density at radius 3 is 2.83 bits per heavy atom. The van der Waals surface area contributed by atoms with Crippen molar-refractivity contribution in [3.05, 3.63) is 29.6 Å². The van der Waals surface area contributed by atoms with Crippen molar-refractivity contribution in [3.63, 3.8) is 0 Å². The molecular formula is C17H21N5O. The molecule has 0 spiro atoms. The van der Waals surface area contributed by atoms with Gasteiger partial charge < -0.3 is 16.0 Å². The standard InChI is InChI=1S/C17H21N5O/c1-9(2)7-11-5-4-6-12-14(11)15-16(17(18)20-12)22-13(21-15)8-19-10(3)23/h4-6,9H,7-8H2,1-3H3,(H2,18,20)(H,19,23)(H,21,22). The first kappa shape index (κ1) is 15.3. The third-order valence-electron chi connectivity index (χ3n) is 3.75. The second kappa shape index (κ2) is 5.87. The first-order valence-electron chi connectivity index (χ1n) is 7.75. The van der Waals surface area contributed by atoms with Crippen LogP contribution < -0.4 is 11.1 Å². The predicted octanol–water partition coefficient (Wildman–Crippen LogP) is 2.53. The van der Waals surface area contributed by atoms with Crippen molar-refractivity contribution in [2.24, 2.45) is 5.92 Å². The predicted molar refractivity (Wildman–Crippen MR) is 91.9 cm³/mol. The van der Waals surface area contributed by atoms with Gasteiger partial charge in [0, 0.05) is 12.3 Å². The fourth-order valence-corrected chi connectivity index (χ4v) is 2.84. The van der Waals surface area contributed by atoms with Crippen molar-refractivity contribution < 1.29 is 4.79 Å². The molecule has 0 bridgehead atoms. The van der Waals surface area contributed by atoms with E-state index in [1.165, 1.54) is 12.5 Å². The van der Waals surface area contributed by atoms with Gasteiger partial charge >= 0.3 is 0 Å². The summed E-state index contributed by atoms with van der Waals surface area (Å²) in [5, 5.41) is 3.81. The molecule has 6 heteroatoms. The lowest BCUT2D eigenvalue weighted by Gasteiger charge is -2.10. The number of nitrogens with one attached hydrogen (secondary N) is 2. The summed E-state index contributed by atoms with van der Waals surface area (Å²) in [7, 11) is 0. The minimum Gasteiger partial charge on any atom is -0.382 e. The molecule has 0 aliphatic carbocycles. The van der Waals surface area contributed by atoms with E-state index in [2.05, 4.69) is 40.2 Å². The van der Waals surface area contributed by atoms with Crippen LogP contribution in [0.2, 0.25) is 0 Å². The molecule has 4 N–H and O–H groups in total. The van der Waals surface area contributed by atoms with Crippen molar-refractivity contribution in [1.29, 1.82) is 0 Å². The van der Waals surface area contributed by atoms with Gasteiger partial charge in [0.25, 0.3) is 0 Å². The van der Waals surface area contributed by atoms with Gasteiger partial charge in [-0.15, -0.1) is 0 Å². The van der Waals surface area contributed by atoms with E-state index in [9.17, 15) is 4.79 Å². The monoisotopic (exact) mass is 311 g/mol. The molecule has 3 aromatic rings. The zero-order chi connectivity index (χ0) is 16.6. The van der Waals surface area contributed by atoms with E-state index >= 15 is 0 Å². The molecule has 0 fully saturated rings. The van der Waals surface area contributed by atoms with E-state index < -0.39 is 0 Å². The highest BCUT2D eigenvalue weighted by atomic mass is 16.1. The quantitative estimate of drug-likeness (QED) is 0.689. The fourth-order valence-electron chi connectivity index (χ4n) is 2.84. The Morgan fingerprint density at radius 1 is 1.35 bits per heavy atom. The van der Waals surface area contributed by atoms with Crippen LogP contribution >= 0.6 is 0 Å². The summed E-state index contributed by atoms with van der Waals surface area (Å²) >= 11 is 0. The number of amides is 1. The van der Waals surface area contributed by atoms with Crippen LogP contribution in [0.5, 0.6) is 0 Å². The van der Waals surface area contributed by atoms with Gasteiger partial charge in [0.2, 0.25) is 5.91 Å². The molecule has 1 amide bonds. The van der Waals surface area contributed by atoms with Gasteiger partial charge in [0.1, 0.15) is 11.3 Å². The third kappa shape index (κ3) is 2.97. The number of carbonyl (C=O) groups excluding carboxylic acids is 1. The number of nitrogens with two attached hydrogens (primary N) is 1. The third-order valence-corrected chi connectivity index (χ3v) is 3.75. The first-order valence-corrected chi connectivity index (χ1v) is 7.75. The van der Waals surface area contributed by atoms with E-state index in [1.807, 2.05) is 12.1 Å². The van der Waals surface area contributed by atoms with Crippen LogP contribution in [-0.4, -0.2) is 20.9 Å². The highest BCUT2D eigenvalue weighted by Crippen LogP contribution is 2.30. The van der Waals surface area contributed by atoms with Crippen LogP contribution in [-0.2, 0) is 17.8 Å². The van der Waals surface area contributed by atoms with Gasteiger partial charge in [-0.05, 0) is 24.0 Å². The number of fused-ring (bicyclic) bond motifs is 3. The first-order chi connectivity index (χ1) is 11.0. The van der Waals surface area contributed by atoms with Crippen molar-refractivity contribution >= 4 is 33.7 Å². The van der Waals surface area contributed by atoms with Crippen molar-refractivity contribution in [2.45, 2.75) is 33.7 Å². The zero-order valence-electron chi connectivity index (χ0n) is 13.6. The van der Waals surface area contributed by atoms with E-state index in [0.717, 1.165) is 22.8 Å². The van der Waals surface area contributed by atoms with E-state index in [0.29, 0.717) is 29.6 Å². The Bertz CT molecular complexity index is 881. The lowest BCUT2D eigenvalue weighted by atomic mass is 9.98. The average molecular weight is 311 g/mol. The number of rotatable bonds is 4. The molecule has 23 heavy (non-hydrogen) atoms. The summed E-state index contributed by atoms with van der Waals surface area (Å²) < 4.78 is 0.